The first-order chi connectivity index (χ1) is 7.08. The van der Waals surface area contributed by atoms with Crippen molar-refractivity contribution in [2.75, 3.05) is 33.4 Å². The van der Waals surface area contributed by atoms with Crippen LogP contribution in [0.25, 0.3) is 0 Å². The van der Waals surface area contributed by atoms with Crippen molar-refractivity contribution in [3.63, 3.8) is 0 Å². The van der Waals surface area contributed by atoms with Gasteiger partial charge < -0.3 is 19.5 Å². The molecule has 1 saturated heterocycles. The van der Waals surface area contributed by atoms with Gasteiger partial charge in [-0.25, -0.2) is 0 Å². The number of aliphatic hydroxyl groups is 1. The molecule has 1 rings (SSSR count). The summed E-state index contributed by atoms with van der Waals surface area (Å²) >= 11 is 0. The van der Waals surface area contributed by atoms with Gasteiger partial charge in [0.1, 0.15) is 6.29 Å². The number of hydrogen-bond acceptors (Lipinski definition) is 4. The van der Waals surface area contributed by atoms with E-state index < -0.39 is 0 Å². The lowest BCUT2D eigenvalue weighted by Crippen LogP contribution is -2.43. The van der Waals surface area contributed by atoms with Crippen LogP contribution in [-0.2, 0) is 9.53 Å². The number of nitrogens with zero attached hydrogens (tertiary/aromatic N) is 1. The van der Waals surface area contributed by atoms with Crippen molar-refractivity contribution < 1.29 is 14.6 Å². The average Bonchev–Trinajstić information content (AvgIpc) is 2.17. The molecule has 1 heterocycles. The average molecular weight is 215 g/mol. The first kappa shape index (κ1) is 12.6. The summed E-state index contributed by atoms with van der Waals surface area (Å²) in [5.41, 5.74) is -0.262. The molecule has 1 unspecified atom stereocenters. The summed E-state index contributed by atoms with van der Waals surface area (Å²) in [7, 11) is 1.94. The Morgan fingerprint density at radius 3 is 2.60 bits per heavy atom. The summed E-state index contributed by atoms with van der Waals surface area (Å²) in [4.78, 5) is 13.2. The summed E-state index contributed by atoms with van der Waals surface area (Å²) in [5.74, 6) is 0. The third-order valence-corrected chi connectivity index (χ3v) is 2.90. The molecule has 0 aromatic rings. The molecule has 4 nitrogen and oxygen atoms in total. The van der Waals surface area contributed by atoms with Crippen LogP contribution in [0.1, 0.15) is 19.8 Å². The van der Waals surface area contributed by atoms with Crippen molar-refractivity contribution >= 4 is 6.29 Å². The fourth-order valence-corrected chi connectivity index (χ4v) is 2.14. The number of likely N-dealkylation sites (N-methyl/N-ethyl adjacent to an activating group) is 1. The molecule has 0 radical (unpaired) electrons. The van der Waals surface area contributed by atoms with E-state index in [4.69, 9.17) is 4.74 Å². The third kappa shape index (κ3) is 3.89. The number of carbonyl (C=O) groups is 1. The van der Waals surface area contributed by atoms with Crippen molar-refractivity contribution in [3.8, 4) is 0 Å². The van der Waals surface area contributed by atoms with Crippen LogP contribution in [0.5, 0.6) is 0 Å². The summed E-state index contributed by atoms with van der Waals surface area (Å²) in [6.45, 7) is 4.41. The van der Waals surface area contributed by atoms with Crippen molar-refractivity contribution in [2.45, 2.75) is 25.9 Å². The van der Waals surface area contributed by atoms with Crippen molar-refractivity contribution in [3.05, 3.63) is 0 Å². The second kappa shape index (κ2) is 5.58. The van der Waals surface area contributed by atoms with Gasteiger partial charge in [-0.2, -0.15) is 0 Å². The highest BCUT2D eigenvalue weighted by Gasteiger charge is 2.33. The third-order valence-electron chi connectivity index (χ3n) is 2.90. The molecule has 0 aliphatic carbocycles. The second-order valence-corrected chi connectivity index (χ2v) is 4.64. The molecular weight excluding hydrogens is 194 g/mol. The Bertz CT molecular complexity index is 200. The van der Waals surface area contributed by atoms with Gasteiger partial charge in [0.05, 0.1) is 6.10 Å². The van der Waals surface area contributed by atoms with Crippen molar-refractivity contribution in [2.24, 2.45) is 5.41 Å². The highest BCUT2D eigenvalue weighted by atomic mass is 16.5. The highest BCUT2D eigenvalue weighted by Crippen LogP contribution is 2.28. The SMILES string of the molecule is CC(O)CN(C)CC1(C=O)CCOCC1. The van der Waals surface area contributed by atoms with Gasteiger partial charge in [0.2, 0.25) is 0 Å². The summed E-state index contributed by atoms with van der Waals surface area (Å²) in [6, 6.07) is 0. The summed E-state index contributed by atoms with van der Waals surface area (Å²) < 4.78 is 5.26. The molecule has 0 amide bonds. The summed E-state index contributed by atoms with van der Waals surface area (Å²) in [5, 5.41) is 9.25. The lowest BCUT2D eigenvalue weighted by molar-refractivity contribution is -0.123. The molecule has 0 bridgehead atoms. The zero-order valence-electron chi connectivity index (χ0n) is 9.61. The zero-order valence-corrected chi connectivity index (χ0v) is 9.61. The number of rotatable bonds is 5. The molecule has 0 aromatic heterocycles. The van der Waals surface area contributed by atoms with E-state index in [2.05, 4.69) is 0 Å². The molecule has 1 atom stereocenters. The summed E-state index contributed by atoms with van der Waals surface area (Å²) in [6.07, 6.45) is 2.30. The molecule has 88 valence electrons. The maximum atomic E-state index is 11.2. The first-order valence-corrected chi connectivity index (χ1v) is 5.49. The van der Waals surface area contributed by atoms with E-state index >= 15 is 0 Å². The Morgan fingerprint density at radius 2 is 2.13 bits per heavy atom. The normalized spacial score (nSPS) is 22.7. The van der Waals surface area contributed by atoms with E-state index in [9.17, 15) is 9.90 Å². The van der Waals surface area contributed by atoms with E-state index in [-0.39, 0.29) is 11.5 Å². The minimum absolute atomic E-state index is 0.262. The Morgan fingerprint density at radius 1 is 1.53 bits per heavy atom. The molecule has 1 fully saturated rings. The van der Waals surface area contributed by atoms with Crippen LogP contribution in [0.3, 0.4) is 0 Å². The highest BCUT2D eigenvalue weighted by molar-refractivity contribution is 5.60. The lowest BCUT2D eigenvalue weighted by atomic mass is 9.81. The minimum Gasteiger partial charge on any atom is -0.392 e. The lowest BCUT2D eigenvalue weighted by Gasteiger charge is -2.35. The topological polar surface area (TPSA) is 49.8 Å². The van der Waals surface area contributed by atoms with E-state index in [1.54, 1.807) is 6.92 Å². The quantitative estimate of drug-likeness (QED) is 0.670. The molecule has 4 heteroatoms. The van der Waals surface area contributed by atoms with Gasteiger partial charge in [0.15, 0.2) is 0 Å². The molecule has 0 spiro atoms. The maximum absolute atomic E-state index is 11.2. The predicted molar refractivity (Wildman–Crippen MR) is 57.7 cm³/mol. The Hall–Kier alpha value is -0.450. The fourth-order valence-electron chi connectivity index (χ4n) is 2.14. The van der Waals surface area contributed by atoms with Crippen LogP contribution in [0.15, 0.2) is 0 Å². The second-order valence-electron chi connectivity index (χ2n) is 4.64. The number of carbonyl (C=O) groups excluding carboxylic acids is 1. The Kier molecular flexibility index (Phi) is 4.70. The molecule has 1 aliphatic rings. The molecule has 1 N–H and O–H groups in total. The van der Waals surface area contributed by atoms with E-state index in [0.29, 0.717) is 26.3 Å². The van der Waals surface area contributed by atoms with Crippen LogP contribution in [0.2, 0.25) is 0 Å². The molecular formula is C11H21NO3. The van der Waals surface area contributed by atoms with Crippen LogP contribution in [-0.4, -0.2) is 55.7 Å². The van der Waals surface area contributed by atoms with Crippen LogP contribution >= 0.6 is 0 Å². The Labute approximate surface area is 91.2 Å². The smallest absolute Gasteiger partial charge is 0.127 e. The standard InChI is InChI=1S/C11H21NO3/c1-10(14)7-12(2)8-11(9-13)3-5-15-6-4-11/h9-10,14H,3-8H2,1-2H3. The van der Waals surface area contributed by atoms with Crippen molar-refractivity contribution in [1.82, 2.24) is 4.90 Å². The molecule has 0 saturated carbocycles. The number of ether oxygens (including phenoxy) is 1. The maximum Gasteiger partial charge on any atom is 0.127 e. The van der Waals surface area contributed by atoms with Gasteiger partial charge in [0, 0.05) is 31.7 Å². The largest absolute Gasteiger partial charge is 0.392 e. The van der Waals surface area contributed by atoms with Gasteiger partial charge in [0.25, 0.3) is 0 Å². The zero-order chi connectivity index (χ0) is 11.3. The van der Waals surface area contributed by atoms with Crippen LogP contribution in [0, 0.1) is 5.41 Å². The number of hydrogen-bond donors (Lipinski definition) is 1. The van der Waals surface area contributed by atoms with Crippen LogP contribution < -0.4 is 0 Å². The van der Waals surface area contributed by atoms with E-state index in [1.165, 1.54) is 0 Å². The van der Waals surface area contributed by atoms with Gasteiger partial charge in [-0.05, 0) is 26.8 Å². The van der Waals surface area contributed by atoms with Crippen LogP contribution in [0.4, 0.5) is 0 Å². The van der Waals surface area contributed by atoms with Gasteiger partial charge in [-0.3, -0.25) is 0 Å². The molecule has 0 aromatic carbocycles. The van der Waals surface area contributed by atoms with Gasteiger partial charge >= 0.3 is 0 Å². The monoisotopic (exact) mass is 215 g/mol. The number of aliphatic hydroxyl groups excluding tert-OH is 1. The molecule has 15 heavy (non-hydrogen) atoms. The van der Waals surface area contributed by atoms with E-state index in [1.807, 2.05) is 11.9 Å². The molecule has 1 aliphatic heterocycles. The van der Waals surface area contributed by atoms with Crippen molar-refractivity contribution in [1.29, 1.82) is 0 Å². The minimum atomic E-state index is -0.349. The Balaban J connectivity index is 2.47. The fraction of sp³-hybridized carbons (Fsp3) is 0.909. The first-order valence-electron chi connectivity index (χ1n) is 5.49. The van der Waals surface area contributed by atoms with Gasteiger partial charge in [-0.1, -0.05) is 0 Å². The van der Waals surface area contributed by atoms with Gasteiger partial charge in [-0.15, -0.1) is 0 Å². The van der Waals surface area contributed by atoms with E-state index in [0.717, 1.165) is 19.1 Å². The predicted octanol–water partition coefficient (Wildman–Crippen LogP) is 0.295. The number of aldehydes is 1.